The summed E-state index contributed by atoms with van der Waals surface area (Å²) in [6, 6.07) is 5.34. The number of fused-ring (bicyclic) bond motifs is 2. The van der Waals surface area contributed by atoms with Gasteiger partial charge in [0, 0.05) is 50.5 Å². The Bertz CT molecular complexity index is 1550. The molecule has 0 bridgehead atoms. The van der Waals surface area contributed by atoms with Crippen molar-refractivity contribution in [3.63, 3.8) is 0 Å². The molecule has 1 amide bonds. The Morgan fingerprint density at radius 3 is 2.44 bits per heavy atom. The van der Waals surface area contributed by atoms with Gasteiger partial charge in [0.05, 0.1) is 44.7 Å². The molecule has 2 aliphatic heterocycles. The van der Waals surface area contributed by atoms with Crippen LogP contribution in [0.25, 0.3) is 0 Å². The van der Waals surface area contributed by atoms with Gasteiger partial charge in [0.1, 0.15) is 24.1 Å². The Balaban J connectivity index is 1.54. The van der Waals surface area contributed by atoms with Gasteiger partial charge < -0.3 is 48.7 Å². The molecule has 7 atom stereocenters. The zero-order chi connectivity index (χ0) is 41.5. The Morgan fingerprint density at radius 1 is 0.932 bits per heavy atom. The van der Waals surface area contributed by atoms with Crippen LogP contribution in [0.2, 0.25) is 0 Å². The molecular weight excluding hydrogens is 753 g/mol. The molecule has 0 radical (unpaired) electrons. The number of carbonyl (C=O) groups excluding carboxylic acids is 1. The van der Waals surface area contributed by atoms with Crippen LogP contribution in [0.15, 0.2) is 60.3 Å². The Morgan fingerprint density at radius 2 is 1.71 bits per heavy atom. The highest BCUT2D eigenvalue weighted by Gasteiger charge is 2.65. The average Bonchev–Trinajstić information content (AvgIpc) is 3.79. The highest BCUT2D eigenvalue weighted by atomic mass is 16.8. The van der Waals surface area contributed by atoms with Crippen molar-refractivity contribution in [2.45, 2.75) is 127 Å². The first-order valence-electron chi connectivity index (χ1n) is 22.6. The third-order valence-electron chi connectivity index (χ3n) is 13.1. The van der Waals surface area contributed by atoms with Gasteiger partial charge in [0.25, 0.3) is 0 Å². The lowest BCUT2D eigenvalue weighted by Gasteiger charge is -2.60. The first-order chi connectivity index (χ1) is 29.0. The van der Waals surface area contributed by atoms with E-state index >= 15 is 0 Å². The maximum absolute atomic E-state index is 14.9. The van der Waals surface area contributed by atoms with Crippen LogP contribution in [-0.4, -0.2) is 109 Å². The summed E-state index contributed by atoms with van der Waals surface area (Å²) in [7, 11) is 0. The number of benzene rings is 1. The third-order valence-corrected chi connectivity index (χ3v) is 13.1. The summed E-state index contributed by atoms with van der Waals surface area (Å²) >= 11 is 0. The first kappa shape index (κ1) is 45.3. The highest BCUT2D eigenvalue weighted by Crippen LogP contribution is 2.62. The van der Waals surface area contributed by atoms with E-state index in [0.717, 1.165) is 81.1 Å². The quantitative estimate of drug-likeness (QED) is 0.0525. The number of aliphatic hydroxyl groups is 3. The molecule has 12 heteroatoms. The van der Waals surface area contributed by atoms with Gasteiger partial charge >= 0.3 is 0 Å². The van der Waals surface area contributed by atoms with Crippen molar-refractivity contribution in [1.82, 2.24) is 4.90 Å². The highest BCUT2D eigenvalue weighted by molar-refractivity contribution is 6.03. The van der Waals surface area contributed by atoms with Crippen LogP contribution in [0.4, 0.5) is 0 Å². The largest absolute Gasteiger partial charge is 0.490 e. The average molecular weight is 823 g/mol. The number of carbonyl (C=O) groups is 1. The number of oxime groups is 1. The van der Waals surface area contributed by atoms with E-state index in [2.05, 4.69) is 25.3 Å². The van der Waals surface area contributed by atoms with E-state index < -0.39 is 24.0 Å². The molecule has 59 heavy (non-hydrogen) atoms. The van der Waals surface area contributed by atoms with E-state index in [9.17, 15) is 20.1 Å². The number of amides is 1. The number of allylic oxidation sites excluding steroid dienone is 1. The fraction of sp³-hybridized carbons (Fsp3) is 0.702. The van der Waals surface area contributed by atoms with Crippen LogP contribution in [-0.2, 0) is 23.8 Å². The molecule has 1 aromatic rings. The second-order valence-corrected chi connectivity index (χ2v) is 16.9. The fourth-order valence-electron chi connectivity index (χ4n) is 10.4. The molecule has 0 aromatic heterocycles. The summed E-state index contributed by atoms with van der Waals surface area (Å²) in [4.78, 5) is 23.0. The van der Waals surface area contributed by atoms with Crippen LogP contribution in [0.1, 0.15) is 114 Å². The van der Waals surface area contributed by atoms with Crippen LogP contribution in [0.5, 0.6) is 11.5 Å². The molecule has 5 aliphatic rings. The summed E-state index contributed by atoms with van der Waals surface area (Å²) < 4.78 is 32.5. The summed E-state index contributed by atoms with van der Waals surface area (Å²) in [5.74, 6) is 0.195. The van der Waals surface area contributed by atoms with Crippen molar-refractivity contribution in [2.24, 2.45) is 28.8 Å². The molecular formula is C47H70N2O10. The van der Waals surface area contributed by atoms with Crippen LogP contribution in [0.3, 0.4) is 0 Å². The molecule has 3 aliphatic carbocycles. The monoisotopic (exact) mass is 823 g/mol. The van der Waals surface area contributed by atoms with Crippen molar-refractivity contribution in [3.8, 4) is 11.5 Å². The van der Waals surface area contributed by atoms with E-state index in [0.29, 0.717) is 56.3 Å². The molecule has 3 fully saturated rings. The molecule has 3 N–H and O–H groups in total. The summed E-state index contributed by atoms with van der Waals surface area (Å²) in [6.07, 6.45) is 19.0. The van der Waals surface area contributed by atoms with Crippen molar-refractivity contribution in [1.29, 1.82) is 0 Å². The normalized spacial score (nSPS) is 28.3. The van der Waals surface area contributed by atoms with E-state index in [1.807, 2.05) is 17.0 Å². The van der Waals surface area contributed by atoms with Gasteiger partial charge in [0.2, 0.25) is 18.0 Å². The van der Waals surface area contributed by atoms with E-state index in [4.69, 9.17) is 33.7 Å². The number of aliphatic hydroxyl groups excluding tert-OH is 3. The lowest BCUT2D eigenvalue weighted by atomic mass is 9.55. The number of nitrogens with zero attached hydrogens (tertiary/aromatic N) is 2. The Labute approximate surface area is 351 Å². The van der Waals surface area contributed by atoms with Gasteiger partial charge in [-0.15, -0.1) is 6.58 Å². The minimum Gasteiger partial charge on any atom is -0.490 e. The SMILES string of the molecule is C=CCOc1ccc2c(c1)[C@H]1[C@H](CCCCO)[C@@H](CCCCO)C=C3C(=NOC4CCCCO4)C[C@H](N(CCOCCO)C(=O)CCC4CCCC4)[C@@](OCC=C)(O2)[C@H]31. The lowest BCUT2D eigenvalue weighted by Crippen LogP contribution is -2.70. The first-order valence-corrected chi connectivity index (χ1v) is 22.6. The molecule has 1 saturated heterocycles. The third kappa shape index (κ3) is 11.2. The molecule has 328 valence electrons. The minimum absolute atomic E-state index is 0.00990. The summed E-state index contributed by atoms with van der Waals surface area (Å²) in [5, 5.41) is 34.4. The molecule has 0 spiro atoms. The topological polar surface area (TPSA) is 149 Å². The van der Waals surface area contributed by atoms with Gasteiger partial charge in [-0.2, -0.15) is 0 Å². The van der Waals surface area contributed by atoms with Crippen LogP contribution in [0, 0.1) is 23.7 Å². The number of hydrogen-bond donors (Lipinski definition) is 3. The van der Waals surface area contributed by atoms with Gasteiger partial charge in [-0.3, -0.25) is 4.79 Å². The number of rotatable bonds is 25. The van der Waals surface area contributed by atoms with Crippen molar-refractivity contribution in [3.05, 3.63) is 60.7 Å². The number of unbranched alkanes of at least 4 members (excludes halogenated alkanes) is 2. The van der Waals surface area contributed by atoms with Crippen LogP contribution < -0.4 is 9.47 Å². The molecule has 1 aromatic carbocycles. The van der Waals surface area contributed by atoms with Gasteiger partial charge in [-0.05, 0) is 86.5 Å². The molecule has 1 unspecified atom stereocenters. The second-order valence-electron chi connectivity index (χ2n) is 16.9. The maximum atomic E-state index is 14.9. The van der Waals surface area contributed by atoms with Crippen molar-refractivity contribution >= 4 is 11.6 Å². The van der Waals surface area contributed by atoms with Gasteiger partial charge in [-0.1, -0.05) is 68.5 Å². The Hall–Kier alpha value is -3.26. The van der Waals surface area contributed by atoms with E-state index in [1.54, 1.807) is 12.2 Å². The predicted molar refractivity (Wildman–Crippen MR) is 226 cm³/mol. The fourth-order valence-corrected chi connectivity index (χ4v) is 10.4. The summed E-state index contributed by atoms with van der Waals surface area (Å²) in [5.41, 5.74) is 2.73. The Kier molecular flexibility index (Phi) is 17.7. The van der Waals surface area contributed by atoms with E-state index in [1.165, 1.54) is 12.8 Å². The zero-order valence-corrected chi connectivity index (χ0v) is 35.2. The van der Waals surface area contributed by atoms with Crippen LogP contribution >= 0.6 is 0 Å². The molecule has 2 saturated carbocycles. The smallest absolute Gasteiger partial charge is 0.239 e. The number of hydrogen-bond acceptors (Lipinski definition) is 11. The minimum atomic E-state index is -1.35. The standard InChI is InChI=1S/C47H70N2O10/c1-3-26-55-36-19-20-41-39(32-36)45-37(16-8-11-24-51)35(15-7-10-23-50)31-38-40(48-59-44-17-9-12-28-56-44)33-42(47(58-41,46(38)45)57-27-4-2)49(22-29-54-30-25-52)43(53)21-18-34-13-5-6-14-34/h3-4,19-20,31-32,34-35,37,42,44-46,50-52H,1-2,5-18,21-30,33H2/t35-,37+,42-,44?,45+,46+,47+/m0/s1. The predicted octanol–water partition coefficient (Wildman–Crippen LogP) is 7.22. The molecule has 6 rings (SSSR count). The molecule has 12 nitrogen and oxygen atoms in total. The summed E-state index contributed by atoms with van der Waals surface area (Å²) in [6.45, 7) is 9.86. The maximum Gasteiger partial charge on any atom is 0.239 e. The van der Waals surface area contributed by atoms with E-state index in [-0.39, 0.29) is 69.8 Å². The second kappa shape index (κ2) is 23.1. The zero-order valence-electron chi connectivity index (χ0n) is 35.2. The van der Waals surface area contributed by atoms with Gasteiger partial charge in [-0.25, -0.2) is 0 Å². The van der Waals surface area contributed by atoms with Crippen molar-refractivity contribution in [2.75, 3.05) is 59.4 Å². The molecule has 2 heterocycles. The number of ether oxygens (including phenoxy) is 5. The van der Waals surface area contributed by atoms with Crippen molar-refractivity contribution < 1.29 is 48.6 Å². The lowest BCUT2D eigenvalue weighted by molar-refractivity contribution is -0.258. The van der Waals surface area contributed by atoms with Gasteiger partial charge in [0.15, 0.2) is 0 Å².